The molecule has 4 rings (SSSR count). The monoisotopic (exact) mass is 451 g/mol. The Balaban J connectivity index is 1.41. The van der Waals surface area contributed by atoms with Crippen LogP contribution < -0.4 is 15.4 Å². The smallest absolute Gasteiger partial charge is 0.313 e. The summed E-state index contributed by atoms with van der Waals surface area (Å²) in [6, 6.07) is 17.2. The molecule has 32 heavy (non-hydrogen) atoms. The third-order valence-electron chi connectivity index (χ3n) is 4.80. The van der Waals surface area contributed by atoms with E-state index in [1.54, 1.807) is 48.5 Å². The molecule has 0 heterocycles. The zero-order chi connectivity index (χ0) is 22.7. The standard InChI is InChI=1S/C23H18ClN3O5/c24-16-8-11-21(20(12-16)27(30)31)32-19-9-6-15(7-10-19)23(29)26-18-3-1-2-17(13-18)25-22(28)14-4-5-14/h1-3,6-14H,4-5H2,(H,25,28)(H,26,29). The topological polar surface area (TPSA) is 111 Å². The Morgan fingerprint density at radius 1 is 0.969 bits per heavy atom. The minimum atomic E-state index is -0.579. The highest BCUT2D eigenvalue weighted by molar-refractivity contribution is 6.30. The maximum absolute atomic E-state index is 12.6. The van der Waals surface area contributed by atoms with Crippen molar-refractivity contribution in [1.82, 2.24) is 0 Å². The van der Waals surface area contributed by atoms with Gasteiger partial charge in [0.25, 0.3) is 5.91 Å². The summed E-state index contributed by atoms with van der Waals surface area (Å²) in [4.78, 5) is 35.1. The number of hydrogen-bond acceptors (Lipinski definition) is 5. The van der Waals surface area contributed by atoms with E-state index in [1.807, 2.05) is 0 Å². The number of carbonyl (C=O) groups is 2. The van der Waals surface area contributed by atoms with Gasteiger partial charge < -0.3 is 15.4 Å². The molecule has 1 fully saturated rings. The molecule has 0 aromatic heterocycles. The second-order valence-corrected chi connectivity index (χ2v) is 7.73. The van der Waals surface area contributed by atoms with E-state index in [-0.39, 0.29) is 34.2 Å². The van der Waals surface area contributed by atoms with Gasteiger partial charge in [0.15, 0.2) is 0 Å². The number of halogens is 1. The van der Waals surface area contributed by atoms with Gasteiger partial charge in [-0.1, -0.05) is 17.7 Å². The van der Waals surface area contributed by atoms with Gasteiger partial charge in [-0.05, 0) is 67.4 Å². The van der Waals surface area contributed by atoms with Crippen LogP contribution in [0, 0.1) is 16.0 Å². The molecule has 162 valence electrons. The van der Waals surface area contributed by atoms with Crippen LogP contribution >= 0.6 is 11.6 Å². The fourth-order valence-electron chi connectivity index (χ4n) is 2.99. The fourth-order valence-corrected chi connectivity index (χ4v) is 3.15. The molecule has 2 amide bonds. The van der Waals surface area contributed by atoms with Gasteiger partial charge in [0, 0.05) is 33.9 Å². The highest BCUT2D eigenvalue weighted by Crippen LogP contribution is 2.34. The van der Waals surface area contributed by atoms with Crippen molar-refractivity contribution in [1.29, 1.82) is 0 Å². The van der Waals surface area contributed by atoms with Gasteiger partial charge in [-0.15, -0.1) is 0 Å². The third-order valence-corrected chi connectivity index (χ3v) is 5.03. The van der Waals surface area contributed by atoms with E-state index in [4.69, 9.17) is 16.3 Å². The van der Waals surface area contributed by atoms with E-state index < -0.39 is 4.92 Å². The molecule has 0 unspecified atom stereocenters. The summed E-state index contributed by atoms with van der Waals surface area (Å²) in [6.45, 7) is 0. The largest absolute Gasteiger partial charge is 0.450 e. The van der Waals surface area contributed by atoms with Crippen LogP contribution in [0.2, 0.25) is 5.02 Å². The molecule has 8 nitrogen and oxygen atoms in total. The number of hydrogen-bond donors (Lipinski definition) is 2. The minimum Gasteiger partial charge on any atom is -0.450 e. The van der Waals surface area contributed by atoms with Crippen LogP contribution in [0.1, 0.15) is 23.2 Å². The number of ether oxygens (including phenoxy) is 1. The molecule has 0 atom stereocenters. The van der Waals surface area contributed by atoms with Gasteiger partial charge in [0.2, 0.25) is 11.7 Å². The van der Waals surface area contributed by atoms with E-state index in [9.17, 15) is 19.7 Å². The average Bonchev–Trinajstić information content (AvgIpc) is 3.61. The first kappa shape index (κ1) is 21.3. The van der Waals surface area contributed by atoms with Crippen LogP contribution in [0.4, 0.5) is 17.1 Å². The Kier molecular flexibility index (Phi) is 6.04. The Morgan fingerprint density at radius 3 is 2.31 bits per heavy atom. The lowest BCUT2D eigenvalue weighted by molar-refractivity contribution is -0.385. The summed E-state index contributed by atoms with van der Waals surface area (Å²) >= 11 is 5.81. The van der Waals surface area contributed by atoms with Crippen molar-refractivity contribution in [3.8, 4) is 11.5 Å². The zero-order valence-electron chi connectivity index (χ0n) is 16.7. The molecule has 1 aliphatic carbocycles. The molecule has 1 saturated carbocycles. The summed E-state index contributed by atoms with van der Waals surface area (Å²) < 4.78 is 5.58. The second kappa shape index (κ2) is 9.07. The van der Waals surface area contributed by atoms with Crippen molar-refractivity contribution in [2.45, 2.75) is 12.8 Å². The molecule has 1 aliphatic rings. The van der Waals surface area contributed by atoms with Crippen LogP contribution in [-0.4, -0.2) is 16.7 Å². The Morgan fingerprint density at radius 2 is 1.66 bits per heavy atom. The predicted molar refractivity (Wildman–Crippen MR) is 120 cm³/mol. The molecule has 0 bridgehead atoms. The van der Waals surface area contributed by atoms with Gasteiger partial charge in [0.1, 0.15) is 5.75 Å². The lowest BCUT2D eigenvalue weighted by atomic mass is 10.2. The first-order valence-electron chi connectivity index (χ1n) is 9.83. The number of amides is 2. The molecular weight excluding hydrogens is 434 g/mol. The maximum atomic E-state index is 12.6. The molecule has 2 N–H and O–H groups in total. The highest BCUT2D eigenvalue weighted by Gasteiger charge is 2.29. The number of nitrogens with one attached hydrogen (secondary N) is 2. The van der Waals surface area contributed by atoms with Crippen LogP contribution in [0.5, 0.6) is 11.5 Å². The lowest BCUT2D eigenvalue weighted by Gasteiger charge is -2.10. The van der Waals surface area contributed by atoms with Gasteiger partial charge in [-0.25, -0.2) is 0 Å². The highest BCUT2D eigenvalue weighted by atomic mass is 35.5. The Hall–Kier alpha value is -3.91. The number of nitro benzene ring substituents is 1. The number of benzene rings is 3. The summed E-state index contributed by atoms with van der Waals surface area (Å²) in [7, 11) is 0. The number of anilines is 2. The molecule has 3 aromatic carbocycles. The van der Waals surface area contributed by atoms with E-state index in [2.05, 4.69) is 10.6 Å². The number of nitro groups is 1. The van der Waals surface area contributed by atoms with Crippen LogP contribution in [0.3, 0.4) is 0 Å². The minimum absolute atomic E-state index is 0.00927. The van der Waals surface area contributed by atoms with Gasteiger partial charge in [-0.2, -0.15) is 0 Å². The first-order chi connectivity index (χ1) is 15.4. The van der Waals surface area contributed by atoms with Crippen LogP contribution in [-0.2, 0) is 4.79 Å². The van der Waals surface area contributed by atoms with E-state index in [0.717, 1.165) is 12.8 Å². The molecule has 0 spiro atoms. The average molecular weight is 452 g/mol. The van der Waals surface area contributed by atoms with Crippen molar-refractivity contribution in [2.24, 2.45) is 5.92 Å². The van der Waals surface area contributed by atoms with E-state index in [0.29, 0.717) is 22.7 Å². The third kappa shape index (κ3) is 5.22. The van der Waals surface area contributed by atoms with E-state index >= 15 is 0 Å². The number of nitrogens with zero attached hydrogens (tertiary/aromatic N) is 1. The quantitative estimate of drug-likeness (QED) is 0.356. The van der Waals surface area contributed by atoms with Crippen molar-refractivity contribution in [3.05, 3.63) is 87.4 Å². The molecular formula is C23H18ClN3O5. The van der Waals surface area contributed by atoms with Gasteiger partial charge in [-0.3, -0.25) is 19.7 Å². The summed E-state index contributed by atoms with van der Waals surface area (Å²) in [6.07, 6.45) is 1.82. The van der Waals surface area contributed by atoms with Crippen LogP contribution in [0.15, 0.2) is 66.7 Å². The fraction of sp³-hybridized carbons (Fsp3) is 0.130. The summed E-state index contributed by atoms with van der Waals surface area (Å²) in [5.41, 5.74) is 1.28. The Labute approximate surface area is 188 Å². The van der Waals surface area contributed by atoms with Gasteiger partial charge >= 0.3 is 5.69 Å². The van der Waals surface area contributed by atoms with Gasteiger partial charge in [0.05, 0.1) is 4.92 Å². The molecule has 9 heteroatoms. The Bertz CT molecular complexity index is 1190. The summed E-state index contributed by atoms with van der Waals surface area (Å²) in [5, 5.41) is 17.0. The molecule has 0 radical (unpaired) electrons. The van der Waals surface area contributed by atoms with Crippen molar-refractivity contribution in [2.75, 3.05) is 10.6 Å². The number of rotatable bonds is 7. The first-order valence-corrected chi connectivity index (χ1v) is 10.2. The van der Waals surface area contributed by atoms with Crippen LogP contribution in [0.25, 0.3) is 0 Å². The summed E-state index contributed by atoms with van der Waals surface area (Å²) in [5.74, 6) is 0.103. The number of carbonyl (C=O) groups excluding carboxylic acids is 2. The lowest BCUT2D eigenvalue weighted by Crippen LogP contribution is -2.14. The predicted octanol–water partition coefficient (Wildman–Crippen LogP) is 5.64. The SMILES string of the molecule is O=C(Nc1cccc(NC(=O)C2CC2)c1)c1ccc(Oc2ccc(Cl)cc2[N+](=O)[O-])cc1. The molecule has 3 aromatic rings. The normalized spacial score (nSPS) is 12.7. The van der Waals surface area contributed by atoms with Crippen molar-refractivity contribution in [3.63, 3.8) is 0 Å². The second-order valence-electron chi connectivity index (χ2n) is 7.29. The molecule has 0 saturated heterocycles. The van der Waals surface area contributed by atoms with Crippen molar-refractivity contribution < 1.29 is 19.2 Å². The van der Waals surface area contributed by atoms with E-state index in [1.165, 1.54) is 18.2 Å². The molecule has 0 aliphatic heterocycles. The van der Waals surface area contributed by atoms with Crippen molar-refractivity contribution >= 4 is 40.5 Å². The maximum Gasteiger partial charge on any atom is 0.313 e. The zero-order valence-corrected chi connectivity index (χ0v) is 17.5.